The fourth-order valence-corrected chi connectivity index (χ4v) is 7.73. The summed E-state index contributed by atoms with van der Waals surface area (Å²) >= 11 is 1.40. The Morgan fingerprint density at radius 2 is 1.86 bits per heavy atom. The van der Waals surface area contributed by atoms with Crippen LogP contribution < -0.4 is 4.74 Å². The fourth-order valence-electron chi connectivity index (χ4n) is 3.76. The topological polar surface area (TPSA) is 76.0 Å². The molecule has 0 radical (unpaired) electrons. The third-order valence-electron chi connectivity index (χ3n) is 5.13. The highest BCUT2D eigenvalue weighted by molar-refractivity contribution is 8.15. The van der Waals surface area contributed by atoms with Crippen molar-refractivity contribution in [2.75, 3.05) is 18.6 Å². The van der Waals surface area contributed by atoms with Crippen molar-refractivity contribution in [3.05, 3.63) is 65.7 Å². The van der Waals surface area contributed by atoms with Gasteiger partial charge in [-0.25, -0.2) is 8.42 Å². The van der Waals surface area contributed by atoms with E-state index >= 15 is 0 Å². The number of hydrogen-bond donors (Lipinski definition) is 0. The highest BCUT2D eigenvalue weighted by Gasteiger charge is 2.48. The van der Waals surface area contributed by atoms with Gasteiger partial charge in [-0.05, 0) is 11.6 Å². The lowest BCUT2D eigenvalue weighted by Gasteiger charge is -2.24. The number of thioether (sulfide) groups is 1. The van der Waals surface area contributed by atoms with Gasteiger partial charge in [-0.1, -0.05) is 60.3 Å². The van der Waals surface area contributed by atoms with Crippen molar-refractivity contribution < 1.29 is 17.9 Å². The summed E-state index contributed by atoms with van der Waals surface area (Å²) in [6, 6.07) is 17.1. The van der Waals surface area contributed by atoms with Gasteiger partial charge in [0.15, 0.2) is 15.0 Å². The summed E-state index contributed by atoms with van der Waals surface area (Å²) in [6.07, 6.45) is 0.140. The number of rotatable bonds is 5. The molecule has 8 heteroatoms. The van der Waals surface area contributed by atoms with Crippen molar-refractivity contribution in [2.24, 2.45) is 4.99 Å². The summed E-state index contributed by atoms with van der Waals surface area (Å²) in [5.41, 5.74) is 1.84. The quantitative estimate of drug-likeness (QED) is 0.726. The largest absolute Gasteiger partial charge is 0.496 e. The molecule has 2 aliphatic rings. The maximum Gasteiger partial charge on any atom is 0.252 e. The first-order chi connectivity index (χ1) is 13.9. The highest BCUT2D eigenvalue weighted by Crippen LogP contribution is 2.39. The first kappa shape index (κ1) is 20.0. The molecule has 0 aliphatic carbocycles. The van der Waals surface area contributed by atoms with Gasteiger partial charge in [0.1, 0.15) is 5.75 Å². The lowest BCUT2D eigenvalue weighted by molar-refractivity contribution is -0.117. The molecule has 2 atom stereocenters. The molecule has 4 rings (SSSR count). The van der Waals surface area contributed by atoms with Gasteiger partial charge in [-0.2, -0.15) is 4.99 Å². The van der Waals surface area contributed by atoms with Gasteiger partial charge in [0.05, 0.1) is 31.1 Å². The van der Waals surface area contributed by atoms with E-state index < -0.39 is 9.84 Å². The molecule has 2 aromatic carbocycles. The number of carbonyl (C=O) groups excluding carboxylic acids is 1. The number of carbonyl (C=O) groups is 1. The van der Waals surface area contributed by atoms with E-state index in [0.29, 0.717) is 17.5 Å². The number of amides is 1. The zero-order valence-corrected chi connectivity index (χ0v) is 17.7. The van der Waals surface area contributed by atoms with Crippen molar-refractivity contribution in [3.8, 4) is 5.75 Å². The van der Waals surface area contributed by atoms with E-state index in [1.807, 2.05) is 59.5 Å². The van der Waals surface area contributed by atoms with Crippen molar-refractivity contribution >= 4 is 32.7 Å². The summed E-state index contributed by atoms with van der Waals surface area (Å²) in [4.78, 5) is 19.0. The van der Waals surface area contributed by atoms with Crippen molar-refractivity contribution in [3.63, 3.8) is 0 Å². The molecule has 2 saturated heterocycles. The Labute approximate surface area is 174 Å². The Bertz CT molecular complexity index is 1040. The predicted molar refractivity (Wildman–Crippen MR) is 115 cm³/mol. The average Bonchev–Trinajstić information content (AvgIpc) is 3.15. The van der Waals surface area contributed by atoms with Crippen LogP contribution in [-0.4, -0.2) is 54.3 Å². The lowest BCUT2D eigenvalue weighted by atomic mass is 10.1. The molecule has 0 spiro atoms. The fraction of sp³-hybridized carbons (Fsp3) is 0.333. The van der Waals surface area contributed by atoms with E-state index in [-0.39, 0.29) is 35.1 Å². The number of methoxy groups -OCH3 is 1. The molecule has 0 aromatic heterocycles. The number of hydrogen-bond acceptors (Lipinski definition) is 5. The monoisotopic (exact) mass is 430 g/mol. The van der Waals surface area contributed by atoms with Crippen LogP contribution in [-0.2, 0) is 27.6 Å². The number of ether oxygens (including phenoxy) is 1. The summed E-state index contributed by atoms with van der Waals surface area (Å²) in [6.45, 7) is 0.533. The van der Waals surface area contributed by atoms with Crippen LogP contribution in [0.25, 0.3) is 0 Å². The number of sulfone groups is 1. The summed E-state index contributed by atoms with van der Waals surface area (Å²) in [5.74, 6) is 0.631. The van der Waals surface area contributed by atoms with E-state index in [4.69, 9.17) is 4.74 Å². The summed E-state index contributed by atoms with van der Waals surface area (Å²) in [7, 11) is -1.48. The number of para-hydroxylation sites is 1. The number of amidine groups is 1. The maximum absolute atomic E-state index is 12.7. The van der Waals surface area contributed by atoms with Crippen molar-refractivity contribution in [2.45, 2.75) is 24.3 Å². The van der Waals surface area contributed by atoms with Crippen LogP contribution >= 0.6 is 11.8 Å². The minimum absolute atomic E-state index is 0.0819. The summed E-state index contributed by atoms with van der Waals surface area (Å²) < 4.78 is 29.6. The molecule has 2 fully saturated rings. The normalized spacial score (nSPS) is 23.9. The molecule has 0 saturated carbocycles. The van der Waals surface area contributed by atoms with Crippen LogP contribution in [0.5, 0.6) is 5.75 Å². The Kier molecular flexibility index (Phi) is 5.65. The molecule has 0 N–H and O–H groups in total. The van der Waals surface area contributed by atoms with E-state index in [1.54, 1.807) is 7.11 Å². The standard InChI is InChI=1S/C21H22N2O4S2/c1-27-18-10-6-5-9-16(18)11-20(24)22-21-23(12-15-7-3-2-4-8-15)17-13-29(25,26)14-19(17)28-21/h2-10,17,19H,11-14H2,1H3/t17-,19-/m0/s1. The molecule has 2 aromatic rings. The van der Waals surface area contributed by atoms with Crippen LogP contribution in [0.2, 0.25) is 0 Å². The SMILES string of the molecule is COc1ccccc1CC(=O)N=C1S[C@H]2CS(=O)(=O)C[C@@H]2N1Cc1ccccc1. The minimum atomic E-state index is -3.06. The van der Waals surface area contributed by atoms with E-state index in [2.05, 4.69) is 4.99 Å². The minimum Gasteiger partial charge on any atom is -0.496 e. The lowest BCUT2D eigenvalue weighted by Crippen LogP contribution is -2.37. The number of benzene rings is 2. The van der Waals surface area contributed by atoms with Crippen LogP contribution in [0.4, 0.5) is 0 Å². The van der Waals surface area contributed by atoms with Crippen LogP contribution in [0.3, 0.4) is 0 Å². The number of fused-ring (bicyclic) bond motifs is 1. The molecule has 0 unspecified atom stereocenters. The molecule has 0 bridgehead atoms. The van der Waals surface area contributed by atoms with Gasteiger partial charge < -0.3 is 9.64 Å². The Hall–Kier alpha value is -2.32. The molecule has 2 heterocycles. The Morgan fingerprint density at radius 1 is 1.14 bits per heavy atom. The third-order valence-corrected chi connectivity index (χ3v) is 8.37. The number of nitrogens with zero attached hydrogens (tertiary/aromatic N) is 2. The number of aliphatic imine (C=N–C) groups is 1. The zero-order chi connectivity index (χ0) is 20.4. The Balaban J connectivity index is 1.58. The molecular weight excluding hydrogens is 408 g/mol. The Morgan fingerprint density at radius 3 is 2.62 bits per heavy atom. The first-order valence-corrected chi connectivity index (χ1v) is 12.1. The third kappa shape index (κ3) is 4.48. The van der Waals surface area contributed by atoms with Gasteiger partial charge in [0, 0.05) is 17.4 Å². The molecule has 152 valence electrons. The van der Waals surface area contributed by atoms with E-state index in [0.717, 1.165) is 11.1 Å². The second-order valence-corrected chi connectivity index (χ2v) is 10.6. The summed E-state index contributed by atoms with van der Waals surface area (Å²) in [5, 5.41) is 0.528. The average molecular weight is 431 g/mol. The van der Waals surface area contributed by atoms with E-state index in [1.165, 1.54) is 11.8 Å². The second kappa shape index (κ2) is 8.20. The molecule has 1 amide bonds. The maximum atomic E-state index is 12.7. The van der Waals surface area contributed by atoms with Gasteiger partial charge in [0.25, 0.3) is 5.91 Å². The first-order valence-electron chi connectivity index (χ1n) is 9.36. The highest BCUT2D eigenvalue weighted by atomic mass is 32.2. The molecular formula is C21H22N2O4S2. The second-order valence-electron chi connectivity index (χ2n) is 7.19. The predicted octanol–water partition coefficient (Wildman–Crippen LogP) is 2.53. The van der Waals surface area contributed by atoms with Crippen molar-refractivity contribution in [1.82, 2.24) is 4.90 Å². The molecule has 29 heavy (non-hydrogen) atoms. The van der Waals surface area contributed by atoms with E-state index in [9.17, 15) is 13.2 Å². The van der Waals surface area contributed by atoms with Gasteiger partial charge in [0.2, 0.25) is 0 Å². The molecule has 2 aliphatic heterocycles. The zero-order valence-electron chi connectivity index (χ0n) is 16.0. The van der Waals surface area contributed by atoms with Crippen LogP contribution in [0, 0.1) is 0 Å². The van der Waals surface area contributed by atoms with Gasteiger partial charge >= 0.3 is 0 Å². The van der Waals surface area contributed by atoms with Gasteiger partial charge in [-0.3, -0.25) is 4.79 Å². The van der Waals surface area contributed by atoms with Crippen LogP contribution in [0.15, 0.2) is 59.6 Å². The van der Waals surface area contributed by atoms with Crippen molar-refractivity contribution in [1.29, 1.82) is 0 Å². The smallest absolute Gasteiger partial charge is 0.252 e. The van der Waals surface area contributed by atoms with Crippen LogP contribution in [0.1, 0.15) is 11.1 Å². The molecule has 6 nitrogen and oxygen atoms in total. The van der Waals surface area contributed by atoms with Gasteiger partial charge in [-0.15, -0.1) is 0 Å².